The minimum atomic E-state index is -1.03. The maximum atomic E-state index is 12.4. The van der Waals surface area contributed by atoms with E-state index in [-0.39, 0.29) is 24.0 Å². The average molecular weight is 402 g/mol. The monoisotopic (exact) mass is 401 g/mol. The summed E-state index contributed by atoms with van der Waals surface area (Å²) in [6.07, 6.45) is 0.515. The van der Waals surface area contributed by atoms with Crippen LogP contribution in [0.3, 0.4) is 0 Å². The van der Waals surface area contributed by atoms with Gasteiger partial charge in [0.2, 0.25) is 5.91 Å². The molecule has 0 aliphatic carbocycles. The molecule has 1 aromatic heterocycles. The molecule has 0 spiro atoms. The fourth-order valence-electron chi connectivity index (χ4n) is 2.88. The highest BCUT2D eigenvalue weighted by molar-refractivity contribution is 6.32. The van der Waals surface area contributed by atoms with Crippen LogP contribution in [0.5, 0.6) is 0 Å². The predicted molar refractivity (Wildman–Crippen MR) is 105 cm³/mol. The van der Waals surface area contributed by atoms with Crippen molar-refractivity contribution in [3.63, 3.8) is 0 Å². The molecule has 7 nitrogen and oxygen atoms in total. The number of amides is 2. The van der Waals surface area contributed by atoms with Crippen LogP contribution >= 0.6 is 11.6 Å². The van der Waals surface area contributed by atoms with Crippen molar-refractivity contribution >= 4 is 40.8 Å². The number of benzene rings is 1. The number of anilines is 2. The summed E-state index contributed by atoms with van der Waals surface area (Å²) in [4.78, 5) is 42.4. The van der Waals surface area contributed by atoms with Gasteiger partial charge in [0, 0.05) is 24.8 Å². The summed E-state index contributed by atoms with van der Waals surface area (Å²) in [7, 11) is 0. The number of halogens is 1. The van der Waals surface area contributed by atoms with Crippen molar-refractivity contribution in [2.24, 2.45) is 5.92 Å². The molecule has 3 rings (SSSR count). The number of ether oxygens (including phenoxy) is 1. The Balaban J connectivity index is 1.58. The van der Waals surface area contributed by atoms with E-state index < -0.39 is 23.9 Å². The maximum absolute atomic E-state index is 12.4. The zero-order valence-corrected chi connectivity index (χ0v) is 16.3. The Morgan fingerprint density at radius 2 is 2.00 bits per heavy atom. The number of carbonyl (C=O) groups excluding carboxylic acids is 3. The molecule has 1 aromatic carbocycles. The third-order valence-corrected chi connectivity index (χ3v) is 4.78. The molecule has 2 aromatic rings. The van der Waals surface area contributed by atoms with Gasteiger partial charge < -0.3 is 15.0 Å². The highest BCUT2D eigenvalue weighted by Gasteiger charge is 2.37. The van der Waals surface area contributed by atoms with Crippen molar-refractivity contribution in [1.82, 2.24) is 4.98 Å². The van der Waals surface area contributed by atoms with Gasteiger partial charge in [-0.2, -0.15) is 0 Å². The number of hydrogen-bond donors (Lipinski definition) is 1. The van der Waals surface area contributed by atoms with Crippen molar-refractivity contribution in [2.45, 2.75) is 26.4 Å². The molecule has 28 heavy (non-hydrogen) atoms. The summed E-state index contributed by atoms with van der Waals surface area (Å²) in [6, 6.07) is 10.7. The van der Waals surface area contributed by atoms with Gasteiger partial charge in [-0.3, -0.25) is 14.4 Å². The number of pyridine rings is 1. The molecular formula is C20H20ClN3O4. The first-order chi connectivity index (χ1) is 13.3. The van der Waals surface area contributed by atoms with Crippen LogP contribution in [0.4, 0.5) is 11.4 Å². The lowest BCUT2D eigenvalue weighted by molar-refractivity contribution is -0.157. The molecule has 2 atom stereocenters. The largest absolute Gasteiger partial charge is 0.452 e. The second-order valence-corrected chi connectivity index (χ2v) is 7.01. The number of rotatable bonds is 5. The highest BCUT2D eigenvalue weighted by Crippen LogP contribution is 2.26. The molecule has 0 radical (unpaired) electrons. The number of aryl methyl sites for hydroxylation is 1. The zero-order valence-electron chi connectivity index (χ0n) is 15.5. The van der Waals surface area contributed by atoms with E-state index >= 15 is 0 Å². The number of nitrogens with one attached hydrogen (secondary N) is 1. The molecule has 1 aliphatic heterocycles. The van der Waals surface area contributed by atoms with Gasteiger partial charge >= 0.3 is 5.97 Å². The molecule has 2 heterocycles. The van der Waals surface area contributed by atoms with E-state index in [2.05, 4.69) is 10.3 Å². The smallest absolute Gasteiger partial charge is 0.312 e. The fraction of sp³-hybridized carbons (Fsp3) is 0.300. The van der Waals surface area contributed by atoms with Crippen LogP contribution in [0, 0.1) is 12.8 Å². The van der Waals surface area contributed by atoms with Gasteiger partial charge in [-0.15, -0.1) is 0 Å². The lowest BCUT2D eigenvalue weighted by Gasteiger charge is -2.18. The van der Waals surface area contributed by atoms with Crippen LogP contribution in [0.25, 0.3) is 0 Å². The number of carbonyl (C=O) groups is 3. The van der Waals surface area contributed by atoms with E-state index in [0.29, 0.717) is 5.69 Å². The average Bonchev–Trinajstić information content (AvgIpc) is 3.06. The Labute approximate surface area is 167 Å². The third-order valence-electron chi connectivity index (χ3n) is 4.48. The van der Waals surface area contributed by atoms with E-state index in [9.17, 15) is 14.4 Å². The molecule has 0 bridgehead atoms. The summed E-state index contributed by atoms with van der Waals surface area (Å²) >= 11 is 5.91. The van der Waals surface area contributed by atoms with E-state index in [1.807, 2.05) is 31.2 Å². The molecule has 8 heteroatoms. The quantitative estimate of drug-likeness (QED) is 0.614. The van der Waals surface area contributed by atoms with E-state index in [1.54, 1.807) is 17.0 Å². The molecule has 0 saturated carbocycles. The van der Waals surface area contributed by atoms with E-state index in [1.165, 1.54) is 13.1 Å². The first-order valence-electron chi connectivity index (χ1n) is 8.84. The second-order valence-electron chi connectivity index (χ2n) is 6.65. The molecule has 2 amide bonds. The number of nitrogens with zero attached hydrogens (tertiary/aromatic N) is 2. The van der Waals surface area contributed by atoms with Gasteiger partial charge in [-0.1, -0.05) is 29.3 Å². The van der Waals surface area contributed by atoms with Crippen molar-refractivity contribution in [3.05, 3.63) is 53.3 Å². The third kappa shape index (κ3) is 4.48. The Bertz CT molecular complexity index is 901. The summed E-state index contributed by atoms with van der Waals surface area (Å²) in [5.74, 6) is -1.87. The minimum Gasteiger partial charge on any atom is -0.452 e. The van der Waals surface area contributed by atoms with Gasteiger partial charge in [0.05, 0.1) is 11.6 Å². The van der Waals surface area contributed by atoms with Gasteiger partial charge in [0.15, 0.2) is 11.3 Å². The first kappa shape index (κ1) is 19.8. The van der Waals surface area contributed by atoms with Crippen LogP contribution in [0.1, 0.15) is 18.9 Å². The molecule has 1 saturated heterocycles. The lowest BCUT2D eigenvalue weighted by atomic mass is 10.1. The van der Waals surface area contributed by atoms with E-state index in [0.717, 1.165) is 11.3 Å². The standard InChI is InChI=1S/C20H20ClN3O4/c1-12-5-7-15(8-6-12)24-11-14(10-17(24)25)20(27)28-13(2)19(26)23-16-4-3-9-22-18(16)21/h3-9,13-14H,10-11H2,1-2H3,(H,23,26)/t13-,14+/m0/s1. The highest BCUT2D eigenvalue weighted by atomic mass is 35.5. The van der Waals surface area contributed by atoms with Crippen molar-refractivity contribution in [3.8, 4) is 0 Å². The van der Waals surface area contributed by atoms with E-state index in [4.69, 9.17) is 16.3 Å². The second kappa shape index (κ2) is 8.39. The lowest BCUT2D eigenvalue weighted by Crippen LogP contribution is -2.33. The Morgan fingerprint density at radius 1 is 1.29 bits per heavy atom. The molecule has 146 valence electrons. The summed E-state index contributed by atoms with van der Waals surface area (Å²) < 4.78 is 5.27. The normalized spacial score (nSPS) is 17.3. The predicted octanol–water partition coefficient (Wildman–Crippen LogP) is 2.97. The summed E-state index contributed by atoms with van der Waals surface area (Å²) in [6.45, 7) is 3.65. The van der Waals surface area contributed by atoms with Crippen LogP contribution in [-0.2, 0) is 19.1 Å². The Kier molecular flexibility index (Phi) is 5.94. The number of esters is 1. The van der Waals surface area contributed by atoms with Crippen LogP contribution < -0.4 is 10.2 Å². The maximum Gasteiger partial charge on any atom is 0.312 e. The van der Waals surface area contributed by atoms with Crippen molar-refractivity contribution < 1.29 is 19.1 Å². The molecular weight excluding hydrogens is 382 g/mol. The van der Waals surface area contributed by atoms with Crippen LogP contribution in [0.2, 0.25) is 5.15 Å². The van der Waals surface area contributed by atoms with Crippen LogP contribution in [0.15, 0.2) is 42.6 Å². The first-order valence-corrected chi connectivity index (χ1v) is 9.22. The SMILES string of the molecule is Cc1ccc(N2C[C@H](C(=O)O[C@@H](C)C(=O)Nc3cccnc3Cl)CC2=O)cc1. The van der Waals surface area contributed by atoms with Gasteiger partial charge in [0.1, 0.15) is 0 Å². The molecule has 0 unspecified atom stereocenters. The Hall–Kier alpha value is -2.93. The fourth-order valence-corrected chi connectivity index (χ4v) is 3.04. The minimum absolute atomic E-state index is 0.0511. The summed E-state index contributed by atoms with van der Waals surface area (Å²) in [5.41, 5.74) is 2.15. The Morgan fingerprint density at radius 3 is 2.68 bits per heavy atom. The van der Waals surface area contributed by atoms with Gasteiger partial charge in [0.25, 0.3) is 5.91 Å². The zero-order chi connectivity index (χ0) is 20.3. The topological polar surface area (TPSA) is 88.6 Å². The molecule has 1 aliphatic rings. The number of hydrogen-bond acceptors (Lipinski definition) is 5. The van der Waals surface area contributed by atoms with Crippen LogP contribution in [-0.4, -0.2) is 35.4 Å². The van der Waals surface area contributed by atoms with Gasteiger partial charge in [-0.25, -0.2) is 4.98 Å². The molecule has 1 N–H and O–H groups in total. The van der Waals surface area contributed by atoms with Crippen molar-refractivity contribution in [1.29, 1.82) is 0 Å². The summed E-state index contributed by atoms with van der Waals surface area (Å²) in [5, 5.41) is 2.71. The molecule has 1 fully saturated rings. The number of aromatic nitrogens is 1. The van der Waals surface area contributed by atoms with Gasteiger partial charge in [-0.05, 0) is 38.1 Å². The van der Waals surface area contributed by atoms with Crippen molar-refractivity contribution in [2.75, 3.05) is 16.8 Å².